The number of carbonyl (C=O) groups excluding carboxylic acids is 1. The van der Waals surface area contributed by atoms with Crippen LogP contribution in [-0.2, 0) is 11.3 Å². The molecule has 72 valence electrons. The van der Waals surface area contributed by atoms with Crippen LogP contribution in [0.15, 0.2) is 15.3 Å². The van der Waals surface area contributed by atoms with E-state index in [2.05, 4.69) is 42.3 Å². The smallest absolute Gasteiger partial charge is 0.241 e. The van der Waals surface area contributed by atoms with Gasteiger partial charge in [-0.25, -0.2) is 4.68 Å². The van der Waals surface area contributed by atoms with E-state index in [1.807, 2.05) is 6.92 Å². The van der Waals surface area contributed by atoms with E-state index in [1.165, 1.54) is 0 Å². The molecule has 1 aromatic heterocycles. The Hall–Kier alpha value is -0.360. The van der Waals surface area contributed by atoms with Crippen molar-refractivity contribution in [3.63, 3.8) is 0 Å². The maximum Gasteiger partial charge on any atom is 0.241 e. The number of nitrogens with one attached hydrogen (secondary N) is 1. The first kappa shape index (κ1) is 10.7. The molecule has 0 aliphatic rings. The monoisotopic (exact) mass is 309 g/mol. The average molecular weight is 311 g/mol. The fourth-order valence-electron chi connectivity index (χ4n) is 0.865. The molecule has 1 rings (SSSR count). The normalized spacial score (nSPS) is 10.1. The zero-order chi connectivity index (χ0) is 9.84. The SMILES string of the molecule is CCNC(=O)Cn1nc(Br)cc1Br. The van der Waals surface area contributed by atoms with Crippen molar-refractivity contribution in [1.82, 2.24) is 15.1 Å². The number of amides is 1. The van der Waals surface area contributed by atoms with Gasteiger partial charge in [0.05, 0.1) is 0 Å². The number of rotatable bonds is 3. The maximum atomic E-state index is 11.2. The predicted octanol–water partition coefficient (Wildman–Crippen LogP) is 1.54. The number of nitrogens with zero attached hydrogens (tertiary/aromatic N) is 2. The summed E-state index contributed by atoms with van der Waals surface area (Å²) in [6.07, 6.45) is 0. The fraction of sp³-hybridized carbons (Fsp3) is 0.429. The molecule has 0 bridgehead atoms. The highest BCUT2D eigenvalue weighted by atomic mass is 79.9. The molecule has 0 aliphatic heterocycles. The summed E-state index contributed by atoms with van der Waals surface area (Å²) in [5.41, 5.74) is 0. The highest BCUT2D eigenvalue weighted by molar-refractivity contribution is 9.11. The minimum Gasteiger partial charge on any atom is -0.355 e. The molecule has 1 heterocycles. The van der Waals surface area contributed by atoms with Crippen molar-refractivity contribution < 1.29 is 4.79 Å². The van der Waals surface area contributed by atoms with Crippen molar-refractivity contribution in [3.05, 3.63) is 15.3 Å². The van der Waals surface area contributed by atoms with Crippen molar-refractivity contribution in [3.8, 4) is 0 Å². The van der Waals surface area contributed by atoms with Gasteiger partial charge >= 0.3 is 0 Å². The van der Waals surface area contributed by atoms with Gasteiger partial charge in [-0.05, 0) is 38.8 Å². The number of aromatic nitrogens is 2. The second kappa shape index (κ2) is 4.76. The third kappa shape index (κ3) is 3.11. The van der Waals surface area contributed by atoms with E-state index < -0.39 is 0 Å². The van der Waals surface area contributed by atoms with Gasteiger partial charge in [0.25, 0.3) is 0 Å². The number of hydrogen-bond acceptors (Lipinski definition) is 2. The summed E-state index contributed by atoms with van der Waals surface area (Å²) >= 11 is 6.51. The quantitative estimate of drug-likeness (QED) is 0.920. The number of hydrogen-bond donors (Lipinski definition) is 1. The molecule has 13 heavy (non-hydrogen) atoms. The molecule has 0 saturated carbocycles. The predicted molar refractivity (Wildman–Crippen MR) is 56.3 cm³/mol. The van der Waals surface area contributed by atoms with Gasteiger partial charge in [-0.1, -0.05) is 0 Å². The van der Waals surface area contributed by atoms with Crippen molar-refractivity contribution >= 4 is 37.8 Å². The fourth-order valence-corrected chi connectivity index (χ4v) is 2.00. The summed E-state index contributed by atoms with van der Waals surface area (Å²) < 4.78 is 3.07. The van der Waals surface area contributed by atoms with Crippen LogP contribution < -0.4 is 5.32 Å². The molecule has 0 spiro atoms. The van der Waals surface area contributed by atoms with Crippen molar-refractivity contribution in [2.45, 2.75) is 13.5 Å². The van der Waals surface area contributed by atoms with E-state index in [0.29, 0.717) is 11.1 Å². The first-order valence-corrected chi connectivity index (χ1v) is 5.37. The third-order valence-electron chi connectivity index (χ3n) is 1.37. The Morgan fingerprint density at radius 1 is 1.69 bits per heavy atom. The molecule has 0 fully saturated rings. The van der Waals surface area contributed by atoms with Crippen molar-refractivity contribution in [2.75, 3.05) is 6.54 Å². The summed E-state index contributed by atoms with van der Waals surface area (Å²) in [5.74, 6) is -0.0428. The van der Waals surface area contributed by atoms with Crippen LogP contribution in [0.5, 0.6) is 0 Å². The summed E-state index contributed by atoms with van der Waals surface area (Å²) in [4.78, 5) is 11.2. The lowest BCUT2D eigenvalue weighted by Gasteiger charge is -2.02. The summed E-state index contributed by atoms with van der Waals surface area (Å²) in [5, 5.41) is 6.75. The zero-order valence-electron chi connectivity index (χ0n) is 7.05. The summed E-state index contributed by atoms with van der Waals surface area (Å²) in [6, 6.07) is 1.79. The molecular weight excluding hydrogens is 302 g/mol. The van der Waals surface area contributed by atoms with E-state index in [-0.39, 0.29) is 12.5 Å². The molecule has 6 heteroatoms. The Morgan fingerprint density at radius 3 is 2.85 bits per heavy atom. The largest absolute Gasteiger partial charge is 0.355 e. The summed E-state index contributed by atoms with van der Waals surface area (Å²) in [6.45, 7) is 2.75. The van der Waals surface area contributed by atoms with Gasteiger partial charge in [-0.15, -0.1) is 0 Å². The molecule has 0 radical (unpaired) electrons. The molecule has 0 unspecified atom stereocenters. The highest BCUT2D eigenvalue weighted by Crippen LogP contribution is 2.15. The Kier molecular flexibility index (Phi) is 3.92. The Bertz CT molecular complexity index is 311. The van der Waals surface area contributed by atoms with Gasteiger partial charge in [-0.2, -0.15) is 5.10 Å². The van der Waals surface area contributed by atoms with Crippen LogP contribution in [0, 0.1) is 0 Å². The first-order chi connectivity index (χ1) is 6.13. The van der Waals surface area contributed by atoms with Gasteiger partial charge in [-0.3, -0.25) is 4.79 Å². The molecule has 0 aromatic carbocycles. The average Bonchev–Trinajstić information content (AvgIpc) is 2.30. The van der Waals surface area contributed by atoms with E-state index in [0.717, 1.165) is 4.60 Å². The van der Waals surface area contributed by atoms with E-state index in [9.17, 15) is 4.79 Å². The van der Waals surface area contributed by atoms with Crippen LogP contribution in [0.3, 0.4) is 0 Å². The van der Waals surface area contributed by atoms with Gasteiger partial charge in [0, 0.05) is 12.6 Å². The Morgan fingerprint density at radius 2 is 2.38 bits per heavy atom. The highest BCUT2D eigenvalue weighted by Gasteiger charge is 2.06. The minimum atomic E-state index is -0.0428. The standard InChI is InChI=1S/C7H9Br2N3O/c1-2-10-7(13)4-12-6(9)3-5(8)11-12/h3H,2,4H2,1H3,(H,10,13). The second-order valence-electron chi connectivity index (χ2n) is 2.40. The van der Waals surface area contributed by atoms with E-state index in [4.69, 9.17) is 0 Å². The molecule has 0 atom stereocenters. The van der Waals surface area contributed by atoms with Gasteiger partial charge in [0.2, 0.25) is 5.91 Å². The zero-order valence-corrected chi connectivity index (χ0v) is 10.2. The van der Waals surface area contributed by atoms with Crippen LogP contribution in [0.4, 0.5) is 0 Å². The van der Waals surface area contributed by atoms with Crippen LogP contribution in [-0.4, -0.2) is 22.2 Å². The van der Waals surface area contributed by atoms with Gasteiger partial charge in [0.15, 0.2) is 0 Å². The Labute approximate surface area is 92.9 Å². The molecule has 1 N–H and O–H groups in total. The molecule has 1 aromatic rings. The van der Waals surface area contributed by atoms with Crippen LogP contribution in [0.2, 0.25) is 0 Å². The van der Waals surface area contributed by atoms with Gasteiger partial charge in [0.1, 0.15) is 15.8 Å². The third-order valence-corrected chi connectivity index (χ3v) is 2.39. The molecule has 0 saturated heterocycles. The molecule has 4 nitrogen and oxygen atoms in total. The van der Waals surface area contributed by atoms with Crippen LogP contribution in [0.25, 0.3) is 0 Å². The van der Waals surface area contributed by atoms with E-state index in [1.54, 1.807) is 10.7 Å². The van der Waals surface area contributed by atoms with Crippen LogP contribution in [0.1, 0.15) is 6.92 Å². The molecule has 0 aliphatic carbocycles. The number of halogens is 2. The number of likely N-dealkylation sites (N-methyl/N-ethyl adjacent to an activating group) is 1. The summed E-state index contributed by atoms with van der Waals surface area (Å²) in [7, 11) is 0. The minimum absolute atomic E-state index is 0.0428. The topological polar surface area (TPSA) is 46.9 Å². The number of carbonyl (C=O) groups is 1. The second-order valence-corrected chi connectivity index (χ2v) is 4.03. The maximum absolute atomic E-state index is 11.2. The first-order valence-electron chi connectivity index (χ1n) is 3.79. The lowest BCUT2D eigenvalue weighted by molar-refractivity contribution is -0.121. The van der Waals surface area contributed by atoms with Crippen molar-refractivity contribution in [1.29, 1.82) is 0 Å². The Balaban J connectivity index is 2.63. The molecule has 1 amide bonds. The lowest BCUT2D eigenvalue weighted by atomic mass is 10.5. The lowest BCUT2D eigenvalue weighted by Crippen LogP contribution is -2.27. The van der Waals surface area contributed by atoms with Crippen molar-refractivity contribution in [2.24, 2.45) is 0 Å². The molecular formula is C7H9Br2N3O. The van der Waals surface area contributed by atoms with E-state index >= 15 is 0 Å². The van der Waals surface area contributed by atoms with Crippen LogP contribution >= 0.6 is 31.9 Å². The van der Waals surface area contributed by atoms with Gasteiger partial charge < -0.3 is 5.32 Å².